The van der Waals surface area contributed by atoms with E-state index >= 15 is 0 Å². The van der Waals surface area contributed by atoms with E-state index in [2.05, 4.69) is 22.5 Å². The molecule has 1 rings (SSSR count). The number of nitrogens with one attached hydrogen (secondary N) is 2. The highest BCUT2D eigenvalue weighted by atomic mass is 16.5. The molecule has 0 radical (unpaired) electrons. The first-order chi connectivity index (χ1) is 9.86. The molecule has 0 saturated heterocycles. The van der Waals surface area contributed by atoms with Crippen LogP contribution in [0.2, 0.25) is 0 Å². The summed E-state index contributed by atoms with van der Waals surface area (Å²) >= 11 is 0. The van der Waals surface area contributed by atoms with Crippen LogP contribution in [-0.2, 0) is 11.2 Å². The second-order valence-electron chi connectivity index (χ2n) is 4.25. The van der Waals surface area contributed by atoms with Crippen LogP contribution in [0.3, 0.4) is 0 Å². The van der Waals surface area contributed by atoms with Crippen LogP contribution in [0.1, 0.15) is 19.1 Å². The van der Waals surface area contributed by atoms with E-state index in [4.69, 9.17) is 14.3 Å². The third kappa shape index (κ3) is 7.81. The van der Waals surface area contributed by atoms with Gasteiger partial charge in [0.05, 0.1) is 26.1 Å². The van der Waals surface area contributed by atoms with Crippen LogP contribution in [0, 0.1) is 0 Å². The molecule has 0 spiro atoms. The van der Waals surface area contributed by atoms with E-state index < -0.39 is 0 Å². The van der Waals surface area contributed by atoms with Gasteiger partial charge in [0.2, 0.25) is 0 Å². The van der Waals surface area contributed by atoms with Crippen LogP contribution >= 0.6 is 0 Å². The minimum atomic E-state index is 0.0537. The maximum absolute atomic E-state index is 8.61. The van der Waals surface area contributed by atoms with E-state index in [1.165, 1.54) is 0 Å². The van der Waals surface area contributed by atoms with Gasteiger partial charge in [-0.1, -0.05) is 6.92 Å². The van der Waals surface area contributed by atoms with Gasteiger partial charge in [0.25, 0.3) is 0 Å². The Hall–Kier alpha value is -1.53. The van der Waals surface area contributed by atoms with Crippen LogP contribution in [-0.4, -0.2) is 50.5 Å². The largest absolute Gasteiger partial charge is 0.469 e. The van der Waals surface area contributed by atoms with Crippen molar-refractivity contribution in [2.24, 2.45) is 4.99 Å². The molecule has 3 N–H and O–H groups in total. The number of hydrogen-bond acceptors (Lipinski definition) is 4. The van der Waals surface area contributed by atoms with Crippen LogP contribution in [0.5, 0.6) is 0 Å². The van der Waals surface area contributed by atoms with E-state index in [9.17, 15) is 0 Å². The number of rotatable bonds is 10. The number of ether oxygens (including phenoxy) is 1. The van der Waals surface area contributed by atoms with Gasteiger partial charge in [0, 0.05) is 26.1 Å². The van der Waals surface area contributed by atoms with Crippen molar-refractivity contribution in [1.82, 2.24) is 10.6 Å². The quantitative estimate of drug-likeness (QED) is 0.336. The average Bonchev–Trinajstić information content (AvgIpc) is 2.97. The highest BCUT2D eigenvalue weighted by Crippen LogP contribution is 1.99. The third-order valence-corrected chi connectivity index (χ3v) is 2.51. The zero-order chi connectivity index (χ0) is 14.5. The Kier molecular flexibility index (Phi) is 9.34. The van der Waals surface area contributed by atoms with Gasteiger partial charge >= 0.3 is 0 Å². The van der Waals surface area contributed by atoms with Crippen molar-refractivity contribution < 1.29 is 14.3 Å². The fraction of sp³-hybridized carbons (Fsp3) is 0.643. The minimum Gasteiger partial charge on any atom is -0.469 e. The number of aliphatic hydroxyl groups excluding tert-OH is 1. The Morgan fingerprint density at radius 3 is 2.90 bits per heavy atom. The highest BCUT2D eigenvalue weighted by molar-refractivity contribution is 5.79. The first-order valence-electron chi connectivity index (χ1n) is 7.10. The number of hydrogen-bond donors (Lipinski definition) is 3. The molecule has 0 atom stereocenters. The fourth-order valence-corrected chi connectivity index (χ4v) is 1.57. The second kappa shape index (κ2) is 11.3. The summed E-state index contributed by atoms with van der Waals surface area (Å²) in [4.78, 5) is 4.44. The van der Waals surface area contributed by atoms with Crippen LogP contribution in [0.25, 0.3) is 0 Å². The lowest BCUT2D eigenvalue weighted by Crippen LogP contribution is -2.40. The molecule has 6 nitrogen and oxygen atoms in total. The molecule has 0 saturated carbocycles. The Balaban J connectivity index is 2.21. The molecule has 20 heavy (non-hydrogen) atoms. The fourth-order valence-electron chi connectivity index (χ4n) is 1.57. The normalized spacial score (nSPS) is 11.6. The number of aliphatic hydroxyl groups is 1. The van der Waals surface area contributed by atoms with Crippen LogP contribution in [0.15, 0.2) is 27.8 Å². The Bertz CT molecular complexity index is 353. The van der Waals surface area contributed by atoms with Gasteiger partial charge in [0.15, 0.2) is 5.96 Å². The predicted octanol–water partition coefficient (Wildman–Crippen LogP) is 0.776. The van der Waals surface area contributed by atoms with E-state index in [0.717, 1.165) is 37.7 Å². The van der Waals surface area contributed by atoms with Crippen molar-refractivity contribution in [3.63, 3.8) is 0 Å². The minimum absolute atomic E-state index is 0.0537. The van der Waals surface area contributed by atoms with Gasteiger partial charge in [-0.2, -0.15) is 0 Å². The molecule has 1 aromatic heterocycles. The Morgan fingerprint density at radius 2 is 2.20 bits per heavy atom. The van der Waals surface area contributed by atoms with E-state index in [0.29, 0.717) is 19.8 Å². The summed E-state index contributed by atoms with van der Waals surface area (Å²) in [5.74, 6) is 1.74. The number of aliphatic imine (C=N–C) groups is 1. The lowest BCUT2D eigenvalue weighted by Gasteiger charge is -2.12. The lowest BCUT2D eigenvalue weighted by atomic mass is 10.3. The molecule has 0 aromatic carbocycles. The Morgan fingerprint density at radius 1 is 1.35 bits per heavy atom. The molecule has 6 heteroatoms. The first kappa shape index (κ1) is 16.5. The molecule has 1 heterocycles. The topological polar surface area (TPSA) is 79.0 Å². The van der Waals surface area contributed by atoms with Gasteiger partial charge in [-0.05, 0) is 18.6 Å². The zero-order valence-electron chi connectivity index (χ0n) is 12.1. The first-order valence-corrected chi connectivity index (χ1v) is 7.10. The van der Waals surface area contributed by atoms with Crippen LogP contribution < -0.4 is 10.6 Å². The molecule has 114 valence electrons. The predicted molar refractivity (Wildman–Crippen MR) is 78.9 cm³/mol. The third-order valence-electron chi connectivity index (χ3n) is 2.51. The molecule has 0 aliphatic carbocycles. The summed E-state index contributed by atoms with van der Waals surface area (Å²) in [6.45, 7) is 5.28. The zero-order valence-corrected chi connectivity index (χ0v) is 12.1. The van der Waals surface area contributed by atoms with E-state index in [1.807, 2.05) is 12.1 Å². The molecule has 0 unspecified atom stereocenters. The summed E-state index contributed by atoms with van der Waals surface area (Å²) in [7, 11) is 0. The Labute approximate surface area is 120 Å². The summed E-state index contributed by atoms with van der Waals surface area (Å²) < 4.78 is 10.5. The number of guanidine groups is 1. The monoisotopic (exact) mass is 283 g/mol. The molecular weight excluding hydrogens is 258 g/mol. The van der Waals surface area contributed by atoms with Crippen molar-refractivity contribution in [3.8, 4) is 0 Å². The SMILES string of the molecule is CCCN=C(NCCOCCO)NCCc1ccco1. The number of nitrogens with zero attached hydrogens (tertiary/aromatic N) is 1. The van der Waals surface area contributed by atoms with Crippen molar-refractivity contribution in [3.05, 3.63) is 24.2 Å². The van der Waals surface area contributed by atoms with Crippen molar-refractivity contribution in [2.75, 3.05) is 39.5 Å². The summed E-state index contributed by atoms with van der Waals surface area (Å²) in [6, 6.07) is 3.85. The standard InChI is InChI=1S/C14H25N3O3/c1-2-6-15-14(17-8-11-19-12-9-18)16-7-5-13-4-3-10-20-13/h3-4,10,18H,2,5-9,11-12H2,1H3,(H2,15,16,17). The molecule has 0 aliphatic rings. The highest BCUT2D eigenvalue weighted by Gasteiger charge is 1.99. The molecule has 0 amide bonds. The lowest BCUT2D eigenvalue weighted by molar-refractivity contribution is 0.0957. The van der Waals surface area contributed by atoms with Gasteiger partial charge in [-0.15, -0.1) is 0 Å². The second-order valence-corrected chi connectivity index (χ2v) is 4.25. The van der Waals surface area contributed by atoms with Crippen LogP contribution in [0.4, 0.5) is 0 Å². The van der Waals surface area contributed by atoms with Gasteiger partial charge in [0.1, 0.15) is 5.76 Å². The molecule has 1 aromatic rings. The maximum atomic E-state index is 8.61. The molecule has 0 fully saturated rings. The van der Waals surface area contributed by atoms with Gasteiger partial charge in [-0.3, -0.25) is 4.99 Å². The van der Waals surface area contributed by atoms with Crippen molar-refractivity contribution in [2.45, 2.75) is 19.8 Å². The van der Waals surface area contributed by atoms with Crippen molar-refractivity contribution in [1.29, 1.82) is 0 Å². The smallest absolute Gasteiger partial charge is 0.191 e. The maximum Gasteiger partial charge on any atom is 0.191 e. The number of furan rings is 1. The summed E-state index contributed by atoms with van der Waals surface area (Å²) in [5.41, 5.74) is 0. The molecular formula is C14H25N3O3. The average molecular weight is 283 g/mol. The van der Waals surface area contributed by atoms with Gasteiger partial charge < -0.3 is 24.9 Å². The summed E-state index contributed by atoms with van der Waals surface area (Å²) in [6.07, 6.45) is 3.51. The summed E-state index contributed by atoms with van der Waals surface area (Å²) in [5, 5.41) is 15.1. The van der Waals surface area contributed by atoms with Gasteiger partial charge in [-0.25, -0.2) is 0 Å². The molecule has 0 aliphatic heterocycles. The molecule has 0 bridgehead atoms. The van der Waals surface area contributed by atoms with Crippen molar-refractivity contribution >= 4 is 5.96 Å². The van der Waals surface area contributed by atoms with E-state index in [1.54, 1.807) is 6.26 Å². The van der Waals surface area contributed by atoms with E-state index in [-0.39, 0.29) is 6.61 Å².